The zero-order valence-corrected chi connectivity index (χ0v) is 15.1. The van der Waals surface area contributed by atoms with E-state index in [4.69, 9.17) is 18.0 Å². The molecule has 4 nitrogen and oxygen atoms in total. The van der Waals surface area contributed by atoms with Gasteiger partial charge < -0.3 is 18.0 Å². The van der Waals surface area contributed by atoms with Crippen LogP contribution < -0.4 is 0 Å². The van der Waals surface area contributed by atoms with E-state index in [9.17, 15) is 0 Å². The molecule has 0 rings (SSSR count). The van der Waals surface area contributed by atoms with E-state index in [-0.39, 0.29) is 6.10 Å². The Morgan fingerprint density at radius 1 is 0.800 bits per heavy atom. The van der Waals surface area contributed by atoms with Crippen molar-refractivity contribution in [1.82, 2.24) is 0 Å². The molecule has 0 bridgehead atoms. The normalized spacial score (nSPS) is 13.7. The molecule has 0 fully saturated rings. The van der Waals surface area contributed by atoms with E-state index in [0.717, 1.165) is 25.5 Å². The van der Waals surface area contributed by atoms with Gasteiger partial charge in [0, 0.05) is 34.0 Å². The van der Waals surface area contributed by atoms with Crippen LogP contribution in [0.25, 0.3) is 0 Å². The lowest BCUT2D eigenvalue weighted by Gasteiger charge is -2.28. The van der Waals surface area contributed by atoms with Gasteiger partial charge in [0.15, 0.2) is 0 Å². The Kier molecular flexibility index (Phi) is 12.8. The van der Waals surface area contributed by atoms with Gasteiger partial charge in [-0.2, -0.15) is 0 Å². The summed E-state index contributed by atoms with van der Waals surface area (Å²) in [6, 6.07) is 0.740. The van der Waals surface area contributed by atoms with Crippen LogP contribution in [-0.4, -0.2) is 42.8 Å². The molecule has 0 aromatic carbocycles. The van der Waals surface area contributed by atoms with Gasteiger partial charge in [0.25, 0.3) is 0 Å². The number of hydrogen-bond acceptors (Lipinski definition) is 4. The summed E-state index contributed by atoms with van der Waals surface area (Å²) in [4.78, 5) is 0. The summed E-state index contributed by atoms with van der Waals surface area (Å²) in [5.74, 6) is 0. The lowest BCUT2D eigenvalue weighted by molar-refractivity contribution is 0.0340. The van der Waals surface area contributed by atoms with E-state index in [1.807, 2.05) is 0 Å². The first kappa shape index (κ1) is 20.1. The van der Waals surface area contributed by atoms with Gasteiger partial charge in [0.1, 0.15) is 0 Å². The molecule has 0 saturated carbocycles. The Morgan fingerprint density at radius 2 is 1.40 bits per heavy atom. The molecule has 1 unspecified atom stereocenters. The number of ether oxygens (including phenoxy) is 1. The molecule has 0 amide bonds. The van der Waals surface area contributed by atoms with Crippen LogP contribution in [0, 0.1) is 0 Å². The second kappa shape index (κ2) is 12.8. The third-order valence-electron chi connectivity index (χ3n) is 3.64. The van der Waals surface area contributed by atoms with E-state index in [1.165, 1.54) is 32.1 Å². The fourth-order valence-corrected chi connectivity index (χ4v) is 4.11. The molecule has 0 aliphatic heterocycles. The van der Waals surface area contributed by atoms with Gasteiger partial charge in [-0.05, 0) is 12.8 Å². The smallest absolute Gasteiger partial charge is 0.378 e. The van der Waals surface area contributed by atoms with E-state index >= 15 is 0 Å². The third kappa shape index (κ3) is 8.37. The van der Waals surface area contributed by atoms with Gasteiger partial charge in [0.2, 0.25) is 0 Å². The van der Waals surface area contributed by atoms with Crippen molar-refractivity contribution in [3.63, 3.8) is 0 Å². The first-order valence-corrected chi connectivity index (χ1v) is 9.88. The molecule has 0 aromatic heterocycles. The van der Waals surface area contributed by atoms with Crippen LogP contribution >= 0.6 is 0 Å². The molecule has 0 radical (unpaired) electrons. The van der Waals surface area contributed by atoms with Crippen molar-refractivity contribution in [3.8, 4) is 0 Å². The number of unbranched alkanes of at least 4 members (excludes halogenated alkanes) is 4. The monoisotopic (exact) mass is 306 g/mol. The third-order valence-corrected chi connectivity index (χ3v) is 6.46. The Balaban J connectivity index is 4.24. The highest BCUT2D eigenvalue weighted by Crippen LogP contribution is 2.21. The van der Waals surface area contributed by atoms with Crippen molar-refractivity contribution in [2.24, 2.45) is 0 Å². The first-order chi connectivity index (χ1) is 9.67. The van der Waals surface area contributed by atoms with Crippen molar-refractivity contribution >= 4 is 8.80 Å². The highest BCUT2D eigenvalue weighted by atomic mass is 28.4. The Bertz CT molecular complexity index is 202. The van der Waals surface area contributed by atoms with Crippen molar-refractivity contribution in [2.45, 2.75) is 70.9 Å². The molecule has 122 valence electrons. The van der Waals surface area contributed by atoms with Crippen molar-refractivity contribution in [1.29, 1.82) is 0 Å². The molecule has 20 heavy (non-hydrogen) atoms. The minimum atomic E-state index is -2.53. The van der Waals surface area contributed by atoms with Gasteiger partial charge in [0.05, 0.1) is 6.10 Å². The van der Waals surface area contributed by atoms with Crippen LogP contribution in [0.4, 0.5) is 0 Å². The topological polar surface area (TPSA) is 36.9 Å². The van der Waals surface area contributed by atoms with Crippen LogP contribution in [0.2, 0.25) is 6.04 Å². The second-order valence-electron chi connectivity index (χ2n) is 5.20. The molecule has 1 atom stereocenters. The molecule has 0 aromatic rings. The zero-order valence-electron chi connectivity index (χ0n) is 14.1. The minimum absolute atomic E-state index is 0.183. The maximum Gasteiger partial charge on any atom is 0.502 e. The van der Waals surface area contributed by atoms with E-state index in [2.05, 4.69) is 13.8 Å². The molecule has 0 N–H and O–H groups in total. The summed E-state index contributed by atoms with van der Waals surface area (Å²) in [6.45, 7) is 5.25. The number of hydrogen-bond donors (Lipinski definition) is 0. The van der Waals surface area contributed by atoms with Gasteiger partial charge in [-0.1, -0.05) is 46.0 Å². The van der Waals surface area contributed by atoms with E-state index < -0.39 is 8.80 Å². The average Bonchev–Trinajstić information content (AvgIpc) is 2.49. The average molecular weight is 307 g/mol. The lowest BCUT2D eigenvalue weighted by Crippen LogP contribution is -2.46. The molecule has 0 aliphatic carbocycles. The van der Waals surface area contributed by atoms with Crippen LogP contribution in [0.5, 0.6) is 0 Å². The quantitative estimate of drug-likeness (QED) is 0.359. The maximum absolute atomic E-state index is 6.05. The fourth-order valence-electron chi connectivity index (χ4n) is 2.23. The van der Waals surface area contributed by atoms with Crippen LogP contribution in [0.3, 0.4) is 0 Å². The highest BCUT2D eigenvalue weighted by Gasteiger charge is 2.40. The predicted octanol–water partition coefficient (Wildman–Crippen LogP) is 4.02. The van der Waals surface area contributed by atoms with Crippen LogP contribution in [-0.2, 0) is 18.0 Å². The standard InChI is InChI=1S/C15H34O4Si/c1-6-8-10-11-13-19-15(12-9-7-2)14-20(16-3,17-4)18-5/h15H,6-14H2,1-5H3. The van der Waals surface area contributed by atoms with Gasteiger partial charge in [-0.3, -0.25) is 0 Å². The van der Waals surface area contributed by atoms with Crippen molar-refractivity contribution < 1.29 is 18.0 Å². The summed E-state index contributed by atoms with van der Waals surface area (Å²) in [7, 11) is 2.46. The van der Waals surface area contributed by atoms with Crippen LogP contribution in [0.15, 0.2) is 0 Å². The Hall–Kier alpha value is 0.0569. The molecular formula is C15H34O4Si. The van der Waals surface area contributed by atoms with E-state index in [1.54, 1.807) is 21.3 Å². The second-order valence-corrected chi connectivity index (χ2v) is 8.19. The molecule has 0 spiro atoms. The Labute approximate surface area is 126 Å². The van der Waals surface area contributed by atoms with Crippen molar-refractivity contribution in [3.05, 3.63) is 0 Å². The fraction of sp³-hybridized carbons (Fsp3) is 1.00. The number of rotatable bonds is 14. The van der Waals surface area contributed by atoms with E-state index in [0.29, 0.717) is 0 Å². The predicted molar refractivity (Wildman–Crippen MR) is 85.0 cm³/mol. The Morgan fingerprint density at radius 3 is 1.90 bits per heavy atom. The van der Waals surface area contributed by atoms with Crippen LogP contribution in [0.1, 0.15) is 58.8 Å². The minimum Gasteiger partial charge on any atom is -0.378 e. The maximum atomic E-state index is 6.05. The largest absolute Gasteiger partial charge is 0.502 e. The van der Waals surface area contributed by atoms with Gasteiger partial charge >= 0.3 is 8.80 Å². The molecule has 0 saturated heterocycles. The SMILES string of the molecule is CCCCCCOC(CCCC)C[Si](OC)(OC)OC. The summed E-state index contributed by atoms with van der Waals surface area (Å²) in [5, 5.41) is 0. The molecular weight excluding hydrogens is 272 g/mol. The van der Waals surface area contributed by atoms with Gasteiger partial charge in [-0.15, -0.1) is 0 Å². The summed E-state index contributed by atoms with van der Waals surface area (Å²) in [5.41, 5.74) is 0. The molecule has 5 heteroatoms. The molecule has 0 aliphatic rings. The zero-order chi connectivity index (χ0) is 15.3. The summed E-state index contributed by atoms with van der Waals surface area (Å²) < 4.78 is 22.6. The van der Waals surface area contributed by atoms with Crippen molar-refractivity contribution in [2.75, 3.05) is 27.9 Å². The lowest BCUT2D eigenvalue weighted by atomic mass is 10.2. The highest BCUT2D eigenvalue weighted by molar-refractivity contribution is 6.60. The molecule has 0 heterocycles. The van der Waals surface area contributed by atoms with Gasteiger partial charge in [-0.25, -0.2) is 0 Å². The summed E-state index contributed by atoms with van der Waals surface area (Å²) >= 11 is 0. The summed E-state index contributed by atoms with van der Waals surface area (Å²) in [6.07, 6.45) is 8.51. The first-order valence-electron chi connectivity index (χ1n) is 7.95.